The molecule has 0 saturated heterocycles. The summed E-state index contributed by atoms with van der Waals surface area (Å²) in [6.07, 6.45) is 0. The van der Waals surface area contributed by atoms with E-state index in [1.54, 1.807) is 0 Å². The van der Waals surface area contributed by atoms with E-state index in [2.05, 4.69) is 56.4 Å². The zero-order chi connectivity index (χ0) is 10.6. The molecule has 0 fully saturated rings. The van der Waals surface area contributed by atoms with Gasteiger partial charge in [0.25, 0.3) is 0 Å². The lowest BCUT2D eigenvalue weighted by atomic mass is 9.83. The molecule has 1 N–H and O–H groups in total. The van der Waals surface area contributed by atoms with Crippen molar-refractivity contribution < 1.29 is 0 Å². The highest BCUT2D eigenvalue weighted by Gasteiger charge is 2.20. The van der Waals surface area contributed by atoms with Gasteiger partial charge in [-0.2, -0.15) is 0 Å². The van der Waals surface area contributed by atoms with E-state index >= 15 is 0 Å². The fourth-order valence-electron chi connectivity index (χ4n) is 2.11. The Morgan fingerprint density at radius 1 is 1.00 bits per heavy atom. The molecule has 2 unspecified atom stereocenters. The van der Waals surface area contributed by atoms with Crippen LogP contribution in [0.15, 0.2) is 30.3 Å². The quantitative estimate of drug-likeness (QED) is 0.771. The van der Waals surface area contributed by atoms with Gasteiger partial charge >= 0.3 is 0 Å². The van der Waals surface area contributed by atoms with Gasteiger partial charge in [0.05, 0.1) is 0 Å². The Labute approximate surface area is 87.5 Å². The predicted octanol–water partition coefficient (Wildman–Crippen LogP) is 3.03. The Hall–Kier alpha value is -0.820. The van der Waals surface area contributed by atoms with E-state index in [-0.39, 0.29) is 0 Å². The Bertz CT molecular complexity index is 253. The average Bonchev–Trinajstić information content (AvgIpc) is 2.19. The minimum atomic E-state index is 0.525. The lowest BCUT2D eigenvalue weighted by molar-refractivity contribution is 0.395. The van der Waals surface area contributed by atoms with Gasteiger partial charge < -0.3 is 5.32 Å². The first-order valence-corrected chi connectivity index (χ1v) is 5.39. The molecule has 0 bridgehead atoms. The monoisotopic (exact) mass is 191 g/mol. The van der Waals surface area contributed by atoms with Crippen LogP contribution in [0.1, 0.15) is 32.3 Å². The topological polar surface area (TPSA) is 12.0 Å². The molecular weight excluding hydrogens is 170 g/mol. The van der Waals surface area contributed by atoms with Crippen molar-refractivity contribution in [2.75, 3.05) is 7.05 Å². The molecule has 1 aromatic carbocycles. The molecule has 0 heterocycles. The molecule has 1 nitrogen and oxygen atoms in total. The van der Waals surface area contributed by atoms with Gasteiger partial charge in [0.15, 0.2) is 0 Å². The van der Waals surface area contributed by atoms with Gasteiger partial charge in [0, 0.05) is 12.0 Å². The van der Waals surface area contributed by atoms with Crippen LogP contribution < -0.4 is 5.32 Å². The van der Waals surface area contributed by atoms with Crippen LogP contribution in [0.25, 0.3) is 0 Å². The molecule has 0 amide bonds. The summed E-state index contributed by atoms with van der Waals surface area (Å²) in [7, 11) is 2.03. The van der Waals surface area contributed by atoms with E-state index in [0.29, 0.717) is 17.9 Å². The van der Waals surface area contributed by atoms with E-state index in [9.17, 15) is 0 Å². The third-order valence-corrected chi connectivity index (χ3v) is 2.90. The summed E-state index contributed by atoms with van der Waals surface area (Å²) in [5, 5.41) is 3.34. The Kier molecular flexibility index (Phi) is 4.15. The van der Waals surface area contributed by atoms with Crippen LogP contribution in [0.4, 0.5) is 0 Å². The third kappa shape index (κ3) is 2.58. The second kappa shape index (κ2) is 5.16. The Morgan fingerprint density at radius 3 is 2.00 bits per heavy atom. The summed E-state index contributed by atoms with van der Waals surface area (Å²) in [5.74, 6) is 1.26. The van der Waals surface area contributed by atoms with Gasteiger partial charge in [-0.15, -0.1) is 0 Å². The SMILES string of the molecule is CNC(C)C(c1ccccc1)C(C)C. The van der Waals surface area contributed by atoms with Gasteiger partial charge in [-0.05, 0) is 25.5 Å². The normalized spacial score (nSPS) is 15.5. The molecule has 0 aromatic heterocycles. The van der Waals surface area contributed by atoms with Gasteiger partial charge in [0.2, 0.25) is 0 Å². The van der Waals surface area contributed by atoms with Crippen molar-refractivity contribution in [2.45, 2.75) is 32.7 Å². The second-order valence-electron chi connectivity index (χ2n) is 4.26. The second-order valence-corrected chi connectivity index (χ2v) is 4.26. The van der Waals surface area contributed by atoms with E-state index < -0.39 is 0 Å². The maximum absolute atomic E-state index is 3.34. The molecule has 0 aliphatic heterocycles. The maximum atomic E-state index is 3.34. The summed E-state index contributed by atoms with van der Waals surface area (Å²) in [6, 6.07) is 11.3. The molecule has 2 atom stereocenters. The number of nitrogens with one attached hydrogen (secondary N) is 1. The van der Waals surface area contributed by atoms with Crippen molar-refractivity contribution in [3.05, 3.63) is 35.9 Å². The number of likely N-dealkylation sites (N-methyl/N-ethyl adjacent to an activating group) is 1. The smallest absolute Gasteiger partial charge is 0.0107 e. The minimum absolute atomic E-state index is 0.525. The highest BCUT2D eigenvalue weighted by atomic mass is 14.9. The van der Waals surface area contributed by atoms with Crippen molar-refractivity contribution in [1.82, 2.24) is 5.32 Å². The Balaban J connectivity index is 2.89. The van der Waals surface area contributed by atoms with Gasteiger partial charge in [-0.3, -0.25) is 0 Å². The van der Waals surface area contributed by atoms with Crippen molar-refractivity contribution in [3.63, 3.8) is 0 Å². The molecule has 0 radical (unpaired) electrons. The van der Waals surface area contributed by atoms with Gasteiger partial charge in [-0.25, -0.2) is 0 Å². The van der Waals surface area contributed by atoms with Gasteiger partial charge in [0.1, 0.15) is 0 Å². The highest BCUT2D eigenvalue weighted by Crippen LogP contribution is 2.27. The lowest BCUT2D eigenvalue weighted by Gasteiger charge is -2.27. The van der Waals surface area contributed by atoms with Crippen LogP contribution in [0.3, 0.4) is 0 Å². The molecule has 14 heavy (non-hydrogen) atoms. The first-order valence-electron chi connectivity index (χ1n) is 5.39. The summed E-state index contributed by atoms with van der Waals surface area (Å²) in [5.41, 5.74) is 1.43. The van der Waals surface area contributed by atoms with E-state index in [0.717, 1.165) is 0 Å². The highest BCUT2D eigenvalue weighted by molar-refractivity contribution is 5.21. The zero-order valence-electron chi connectivity index (χ0n) is 9.62. The molecule has 0 aliphatic rings. The largest absolute Gasteiger partial charge is 0.317 e. The molecule has 0 spiro atoms. The van der Waals surface area contributed by atoms with Crippen LogP contribution in [-0.2, 0) is 0 Å². The minimum Gasteiger partial charge on any atom is -0.317 e. The summed E-state index contributed by atoms with van der Waals surface area (Å²) in [6.45, 7) is 6.81. The number of hydrogen-bond acceptors (Lipinski definition) is 1. The van der Waals surface area contributed by atoms with Crippen LogP contribution in [0, 0.1) is 5.92 Å². The number of hydrogen-bond donors (Lipinski definition) is 1. The van der Waals surface area contributed by atoms with E-state index in [4.69, 9.17) is 0 Å². The van der Waals surface area contributed by atoms with Crippen LogP contribution in [-0.4, -0.2) is 13.1 Å². The van der Waals surface area contributed by atoms with Crippen molar-refractivity contribution in [1.29, 1.82) is 0 Å². The van der Waals surface area contributed by atoms with Crippen molar-refractivity contribution >= 4 is 0 Å². The fraction of sp³-hybridized carbons (Fsp3) is 0.538. The van der Waals surface area contributed by atoms with E-state index in [1.165, 1.54) is 5.56 Å². The van der Waals surface area contributed by atoms with Crippen LogP contribution in [0.2, 0.25) is 0 Å². The predicted molar refractivity (Wildman–Crippen MR) is 62.5 cm³/mol. The number of rotatable bonds is 4. The van der Waals surface area contributed by atoms with E-state index in [1.807, 2.05) is 7.05 Å². The fourth-order valence-corrected chi connectivity index (χ4v) is 2.11. The first-order chi connectivity index (χ1) is 6.66. The zero-order valence-corrected chi connectivity index (χ0v) is 9.62. The van der Waals surface area contributed by atoms with Crippen molar-refractivity contribution in [2.24, 2.45) is 5.92 Å². The molecule has 0 saturated carbocycles. The molecule has 78 valence electrons. The first kappa shape index (κ1) is 11.3. The van der Waals surface area contributed by atoms with Crippen LogP contribution >= 0.6 is 0 Å². The van der Waals surface area contributed by atoms with Crippen LogP contribution in [0.5, 0.6) is 0 Å². The summed E-state index contributed by atoms with van der Waals surface area (Å²) < 4.78 is 0. The summed E-state index contributed by atoms with van der Waals surface area (Å²) >= 11 is 0. The van der Waals surface area contributed by atoms with Crippen molar-refractivity contribution in [3.8, 4) is 0 Å². The molecular formula is C13H21N. The third-order valence-electron chi connectivity index (χ3n) is 2.90. The Morgan fingerprint density at radius 2 is 1.57 bits per heavy atom. The molecule has 1 rings (SSSR count). The maximum Gasteiger partial charge on any atom is 0.0107 e. The molecule has 1 aromatic rings. The lowest BCUT2D eigenvalue weighted by Crippen LogP contribution is -2.31. The standard InChI is InChI=1S/C13H21N/c1-10(2)13(11(3)14-4)12-8-6-5-7-9-12/h5-11,13-14H,1-4H3. The van der Waals surface area contributed by atoms with Gasteiger partial charge in [-0.1, -0.05) is 44.2 Å². The molecule has 1 heteroatoms. The average molecular weight is 191 g/mol. The summed E-state index contributed by atoms with van der Waals surface area (Å²) in [4.78, 5) is 0. The number of benzene rings is 1. The molecule has 0 aliphatic carbocycles.